The van der Waals surface area contributed by atoms with Crippen molar-refractivity contribution in [1.29, 1.82) is 0 Å². The van der Waals surface area contributed by atoms with Crippen LogP contribution in [0.5, 0.6) is 0 Å². The number of rotatable bonds is 5. The first-order chi connectivity index (χ1) is 9.71. The number of methoxy groups -OCH3 is 2. The molecule has 0 aliphatic carbocycles. The van der Waals surface area contributed by atoms with Crippen LogP contribution in [-0.2, 0) is 19.5 Å². The van der Waals surface area contributed by atoms with Gasteiger partial charge in [0.05, 0.1) is 36.3 Å². The van der Waals surface area contributed by atoms with Gasteiger partial charge in [-0.25, -0.2) is 18.0 Å². The highest BCUT2D eigenvalue weighted by molar-refractivity contribution is 7.93. The first kappa shape index (κ1) is 17.0. The lowest BCUT2D eigenvalue weighted by Crippen LogP contribution is -2.23. The molecule has 1 N–H and O–H groups in total. The van der Waals surface area contributed by atoms with Crippen LogP contribution >= 0.6 is 0 Å². The number of carbonyl (C=O) groups is 2. The molecule has 0 spiro atoms. The summed E-state index contributed by atoms with van der Waals surface area (Å²) in [5, 5.41) is -0.666. The molecule has 0 amide bonds. The average molecular weight is 315 g/mol. The molecule has 7 nitrogen and oxygen atoms in total. The third kappa shape index (κ3) is 4.19. The van der Waals surface area contributed by atoms with Crippen LogP contribution in [0.2, 0.25) is 0 Å². The fourth-order valence-electron chi connectivity index (χ4n) is 1.44. The topological polar surface area (TPSA) is 98.8 Å². The molecule has 1 rings (SSSR count). The van der Waals surface area contributed by atoms with Crippen LogP contribution in [-0.4, -0.2) is 39.8 Å². The van der Waals surface area contributed by atoms with Gasteiger partial charge in [0, 0.05) is 0 Å². The van der Waals surface area contributed by atoms with Crippen molar-refractivity contribution < 1.29 is 27.5 Å². The molecule has 1 aromatic carbocycles. The summed E-state index contributed by atoms with van der Waals surface area (Å²) in [6, 6.07) is 3.85. The van der Waals surface area contributed by atoms with Crippen molar-refractivity contribution in [2.24, 2.45) is 0 Å². The molecule has 21 heavy (non-hydrogen) atoms. The Kier molecular flexibility index (Phi) is 5.31. The zero-order valence-electron chi connectivity index (χ0n) is 12.2. The highest BCUT2D eigenvalue weighted by atomic mass is 32.2. The summed E-state index contributed by atoms with van der Waals surface area (Å²) in [4.78, 5) is 23.2. The first-order valence-corrected chi connectivity index (χ1v) is 7.59. The molecule has 0 aliphatic heterocycles. The molecular formula is C13H17NO6S. The van der Waals surface area contributed by atoms with Crippen LogP contribution in [0.3, 0.4) is 0 Å². The van der Waals surface area contributed by atoms with Gasteiger partial charge in [-0.05, 0) is 32.0 Å². The fourth-order valence-corrected chi connectivity index (χ4v) is 2.12. The lowest BCUT2D eigenvalue weighted by Gasteiger charge is -2.12. The SMILES string of the molecule is COC(=O)c1cc(NS(=O)(=O)C(C)C)cc(C(=O)OC)c1. The Morgan fingerprint density at radius 1 is 1.00 bits per heavy atom. The summed E-state index contributed by atoms with van der Waals surface area (Å²) in [6.07, 6.45) is 0. The average Bonchev–Trinajstić information content (AvgIpc) is 2.44. The number of hydrogen-bond acceptors (Lipinski definition) is 6. The standard InChI is InChI=1S/C13H17NO6S/c1-8(2)21(17,18)14-11-6-9(12(15)19-3)5-10(7-11)13(16)20-4/h5-8,14H,1-4H3. The molecule has 0 heterocycles. The second-order valence-electron chi connectivity index (χ2n) is 4.48. The molecular weight excluding hydrogens is 298 g/mol. The molecule has 0 radical (unpaired) electrons. The molecule has 116 valence electrons. The maximum atomic E-state index is 11.9. The fraction of sp³-hybridized carbons (Fsp3) is 0.385. The van der Waals surface area contributed by atoms with Crippen LogP contribution in [0.4, 0.5) is 5.69 Å². The molecule has 0 atom stereocenters. The largest absolute Gasteiger partial charge is 0.465 e. The van der Waals surface area contributed by atoms with E-state index < -0.39 is 27.2 Å². The molecule has 0 aliphatic rings. The number of carbonyl (C=O) groups excluding carboxylic acids is 2. The number of ether oxygens (including phenoxy) is 2. The predicted molar refractivity (Wildman–Crippen MR) is 76.8 cm³/mol. The van der Waals surface area contributed by atoms with Crippen molar-refractivity contribution in [2.45, 2.75) is 19.1 Å². The maximum absolute atomic E-state index is 11.9. The van der Waals surface area contributed by atoms with E-state index in [1.54, 1.807) is 0 Å². The van der Waals surface area contributed by atoms with Crippen molar-refractivity contribution in [1.82, 2.24) is 0 Å². The lowest BCUT2D eigenvalue weighted by atomic mass is 10.1. The Labute approximate surface area is 123 Å². The third-order valence-corrected chi connectivity index (χ3v) is 4.42. The van der Waals surface area contributed by atoms with Gasteiger partial charge in [0.25, 0.3) is 0 Å². The number of sulfonamides is 1. The van der Waals surface area contributed by atoms with Crippen LogP contribution in [0.15, 0.2) is 18.2 Å². The van der Waals surface area contributed by atoms with Gasteiger partial charge in [0.15, 0.2) is 0 Å². The second-order valence-corrected chi connectivity index (χ2v) is 6.71. The van der Waals surface area contributed by atoms with E-state index >= 15 is 0 Å². The number of esters is 2. The molecule has 0 unspecified atom stereocenters. The van der Waals surface area contributed by atoms with Crippen molar-refractivity contribution in [3.8, 4) is 0 Å². The third-order valence-electron chi connectivity index (χ3n) is 2.66. The van der Waals surface area contributed by atoms with E-state index in [1.807, 2.05) is 0 Å². The van der Waals surface area contributed by atoms with Crippen LogP contribution in [0.1, 0.15) is 34.6 Å². The van der Waals surface area contributed by atoms with Gasteiger partial charge in [0.2, 0.25) is 10.0 Å². The van der Waals surface area contributed by atoms with Gasteiger partial charge in [-0.3, -0.25) is 4.72 Å². The summed E-state index contributed by atoms with van der Waals surface area (Å²) in [6.45, 7) is 3.02. The lowest BCUT2D eigenvalue weighted by molar-refractivity contribution is 0.0599. The van der Waals surface area contributed by atoms with Gasteiger partial charge in [0.1, 0.15) is 0 Å². The van der Waals surface area contributed by atoms with Crippen LogP contribution < -0.4 is 4.72 Å². The Balaban J connectivity index is 3.32. The Morgan fingerprint density at radius 3 is 1.76 bits per heavy atom. The molecule has 0 fully saturated rings. The summed E-state index contributed by atoms with van der Waals surface area (Å²) in [5.74, 6) is -1.38. The number of anilines is 1. The summed E-state index contributed by atoms with van der Waals surface area (Å²) in [5.41, 5.74) is 0.177. The predicted octanol–water partition coefficient (Wildman–Crippen LogP) is 1.41. The molecule has 1 aromatic rings. The number of hydrogen-bond donors (Lipinski definition) is 1. The van der Waals surface area contributed by atoms with Crippen molar-refractivity contribution >= 4 is 27.6 Å². The van der Waals surface area contributed by atoms with Crippen LogP contribution in [0.25, 0.3) is 0 Å². The minimum absolute atomic E-state index is 0.0434. The van der Waals surface area contributed by atoms with Crippen molar-refractivity contribution in [3.63, 3.8) is 0 Å². The Morgan fingerprint density at radius 2 is 1.43 bits per heavy atom. The van der Waals surface area contributed by atoms with Gasteiger partial charge in [-0.1, -0.05) is 0 Å². The van der Waals surface area contributed by atoms with Gasteiger partial charge >= 0.3 is 11.9 Å². The quantitative estimate of drug-likeness (QED) is 0.825. The molecule has 0 bridgehead atoms. The van der Waals surface area contributed by atoms with E-state index in [1.165, 1.54) is 46.3 Å². The zero-order chi connectivity index (χ0) is 16.2. The minimum Gasteiger partial charge on any atom is -0.465 e. The maximum Gasteiger partial charge on any atom is 0.337 e. The first-order valence-electron chi connectivity index (χ1n) is 6.04. The van der Waals surface area contributed by atoms with Crippen molar-refractivity contribution in [2.75, 3.05) is 18.9 Å². The van der Waals surface area contributed by atoms with E-state index in [4.69, 9.17) is 0 Å². The number of nitrogens with one attached hydrogen (secondary N) is 1. The Bertz CT molecular complexity index is 616. The molecule has 8 heteroatoms. The summed E-state index contributed by atoms with van der Waals surface area (Å²) in [7, 11) is -1.23. The van der Waals surface area contributed by atoms with E-state index in [0.29, 0.717) is 0 Å². The smallest absolute Gasteiger partial charge is 0.337 e. The molecule has 0 saturated heterocycles. The van der Waals surface area contributed by atoms with Gasteiger partial charge in [-0.2, -0.15) is 0 Å². The normalized spacial score (nSPS) is 11.1. The second kappa shape index (κ2) is 6.57. The van der Waals surface area contributed by atoms with Crippen LogP contribution in [0, 0.1) is 0 Å². The van der Waals surface area contributed by atoms with E-state index in [-0.39, 0.29) is 16.8 Å². The van der Waals surface area contributed by atoms with E-state index in [0.717, 1.165) is 0 Å². The van der Waals surface area contributed by atoms with E-state index in [9.17, 15) is 18.0 Å². The number of benzene rings is 1. The summed E-state index contributed by atoms with van der Waals surface area (Å²) >= 11 is 0. The highest BCUT2D eigenvalue weighted by Crippen LogP contribution is 2.19. The molecule has 0 saturated carbocycles. The highest BCUT2D eigenvalue weighted by Gasteiger charge is 2.19. The van der Waals surface area contributed by atoms with E-state index in [2.05, 4.69) is 14.2 Å². The zero-order valence-corrected chi connectivity index (χ0v) is 13.0. The minimum atomic E-state index is -3.60. The Hall–Kier alpha value is -2.09. The van der Waals surface area contributed by atoms with Gasteiger partial charge in [-0.15, -0.1) is 0 Å². The molecule has 0 aromatic heterocycles. The van der Waals surface area contributed by atoms with Gasteiger partial charge < -0.3 is 9.47 Å². The summed E-state index contributed by atoms with van der Waals surface area (Å²) < 4.78 is 35.2. The monoisotopic (exact) mass is 315 g/mol. The van der Waals surface area contributed by atoms with Crippen molar-refractivity contribution in [3.05, 3.63) is 29.3 Å².